The highest BCUT2D eigenvalue weighted by molar-refractivity contribution is 6.02. The zero-order chi connectivity index (χ0) is 13.9. The largest absolute Gasteiger partial charge is 0.454 e. The lowest BCUT2D eigenvalue weighted by atomic mass is 9.92. The molecule has 1 aromatic carbocycles. The molecule has 20 heavy (non-hydrogen) atoms. The maximum absolute atomic E-state index is 12.3. The van der Waals surface area contributed by atoms with Gasteiger partial charge in [-0.3, -0.25) is 9.78 Å². The smallest absolute Gasteiger partial charge is 0.231 e. The van der Waals surface area contributed by atoms with Gasteiger partial charge in [0, 0.05) is 18.0 Å². The molecule has 98 valence electrons. The van der Waals surface area contributed by atoms with Crippen LogP contribution in [0.5, 0.6) is 11.5 Å². The van der Waals surface area contributed by atoms with E-state index in [1.54, 1.807) is 36.5 Å². The number of ether oxygens (including phenoxy) is 2. The summed E-state index contributed by atoms with van der Waals surface area (Å²) in [6.07, 6.45) is 3.04. The number of hydrogen-bond acceptors (Lipinski definition) is 5. The van der Waals surface area contributed by atoms with E-state index in [-0.39, 0.29) is 12.6 Å². The van der Waals surface area contributed by atoms with Crippen LogP contribution >= 0.6 is 0 Å². The quantitative estimate of drug-likeness (QED) is 0.797. The molecular weight excluding hydrogens is 256 g/mol. The minimum absolute atomic E-state index is 0.159. The van der Waals surface area contributed by atoms with E-state index in [0.29, 0.717) is 22.6 Å². The summed E-state index contributed by atoms with van der Waals surface area (Å²) >= 11 is 0. The van der Waals surface area contributed by atoms with Gasteiger partial charge < -0.3 is 9.47 Å². The third-order valence-electron chi connectivity index (χ3n) is 3.07. The number of nitrogens with zero attached hydrogens (tertiary/aromatic N) is 2. The number of carbonyl (C=O) groups is 1. The number of pyridine rings is 1. The predicted molar refractivity (Wildman–Crippen MR) is 69.5 cm³/mol. The fraction of sp³-hybridized carbons (Fsp3) is 0.133. The minimum atomic E-state index is -0.881. The molecule has 1 aliphatic rings. The molecule has 0 saturated carbocycles. The second-order valence-corrected chi connectivity index (χ2v) is 4.28. The molecular formula is C15H10N2O3. The number of Topliss-reactive ketones (excluding diaryl/α,β-unsaturated/α-hetero) is 1. The average molecular weight is 266 g/mol. The van der Waals surface area contributed by atoms with E-state index in [1.165, 1.54) is 6.20 Å². The second-order valence-electron chi connectivity index (χ2n) is 4.28. The Morgan fingerprint density at radius 3 is 2.90 bits per heavy atom. The van der Waals surface area contributed by atoms with E-state index in [9.17, 15) is 10.1 Å². The Morgan fingerprint density at radius 1 is 1.30 bits per heavy atom. The summed E-state index contributed by atoms with van der Waals surface area (Å²) in [6.45, 7) is 0.159. The van der Waals surface area contributed by atoms with Crippen molar-refractivity contribution in [1.29, 1.82) is 5.26 Å². The molecule has 0 saturated heterocycles. The van der Waals surface area contributed by atoms with Gasteiger partial charge in [-0.1, -0.05) is 6.07 Å². The van der Waals surface area contributed by atoms with Gasteiger partial charge in [-0.2, -0.15) is 5.26 Å². The van der Waals surface area contributed by atoms with Crippen LogP contribution in [0.15, 0.2) is 42.7 Å². The molecule has 0 aliphatic carbocycles. The van der Waals surface area contributed by atoms with Crippen molar-refractivity contribution < 1.29 is 14.3 Å². The van der Waals surface area contributed by atoms with Crippen LogP contribution in [-0.2, 0) is 0 Å². The van der Waals surface area contributed by atoms with Crippen LogP contribution in [0, 0.1) is 11.3 Å². The molecule has 5 nitrogen and oxygen atoms in total. The van der Waals surface area contributed by atoms with Crippen molar-refractivity contribution in [3.8, 4) is 17.6 Å². The topological polar surface area (TPSA) is 72.2 Å². The van der Waals surface area contributed by atoms with Gasteiger partial charge in [0.05, 0.1) is 6.07 Å². The van der Waals surface area contributed by atoms with Crippen LogP contribution in [0.3, 0.4) is 0 Å². The van der Waals surface area contributed by atoms with E-state index in [0.717, 1.165) is 0 Å². The van der Waals surface area contributed by atoms with Crippen LogP contribution < -0.4 is 9.47 Å². The lowest BCUT2D eigenvalue weighted by Crippen LogP contribution is -2.11. The van der Waals surface area contributed by atoms with Crippen molar-refractivity contribution in [3.63, 3.8) is 0 Å². The minimum Gasteiger partial charge on any atom is -0.454 e. The molecule has 0 bridgehead atoms. The van der Waals surface area contributed by atoms with E-state index < -0.39 is 5.92 Å². The van der Waals surface area contributed by atoms with Gasteiger partial charge in [0.15, 0.2) is 17.3 Å². The first-order valence-electron chi connectivity index (χ1n) is 6.03. The molecule has 0 N–H and O–H groups in total. The number of hydrogen-bond donors (Lipinski definition) is 0. The van der Waals surface area contributed by atoms with Gasteiger partial charge in [0.25, 0.3) is 0 Å². The maximum Gasteiger partial charge on any atom is 0.231 e. The molecule has 3 rings (SSSR count). The highest BCUT2D eigenvalue weighted by Crippen LogP contribution is 2.35. The van der Waals surface area contributed by atoms with E-state index >= 15 is 0 Å². The zero-order valence-electron chi connectivity index (χ0n) is 10.4. The van der Waals surface area contributed by atoms with Crippen molar-refractivity contribution >= 4 is 5.78 Å². The van der Waals surface area contributed by atoms with Crippen molar-refractivity contribution in [2.75, 3.05) is 6.79 Å². The van der Waals surface area contributed by atoms with Gasteiger partial charge >= 0.3 is 0 Å². The van der Waals surface area contributed by atoms with Crippen LogP contribution in [0.4, 0.5) is 0 Å². The zero-order valence-corrected chi connectivity index (χ0v) is 10.4. The first-order valence-corrected chi connectivity index (χ1v) is 6.03. The Hall–Kier alpha value is -2.87. The summed E-state index contributed by atoms with van der Waals surface area (Å²) < 4.78 is 10.5. The maximum atomic E-state index is 12.3. The Balaban J connectivity index is 1.95. The molecule has 1 unspecified atom stereocenters. The molecule has 0 fully saturated rings. The van der Waals surface area contributed by atoms with Gasteiger partial charge in [0.1, 0.15) is 5.92 Å². The molecule has 1 aromatic heterocycles. The highest BCUT2D eigenvalue weighted by Gasteiger charge is 2.24. The third kappa shape index (κ3) is 2.08. The Morgan fingerprint density at radius 2 is 2.15 bits per heavy atom. The number of benzene rings is 1. The Labute approximate surface area is 115 Å². The number of carbonyl (C=O) groups excluding carboxylic acids is 1. The highest BCUT2D eigenvalue weighted by atomic mass is 16.7. The summed E-state index contributed by atoms with van der Waals surface area (Å²) in [7, 11) is 0. The lowest BCUT2D eigenvalue weighted by molar-refractivity contribution is 0.0978. The first kappa shape index (κ1) is 12.2. The summed E-state index contributed by atoms with van der Waals surface area (Å²) in [4.78, 5) is 16.2. The van der Waals surface area contributed by atoms with E-state index in [2.05, 4.69) is 4.98 Å². The number of aromatic nitrogens is 1. The van der Waals surface area contributed by atoms with Crippen LogP contribution in [0.25, 0.3) is 0 Å². The molecule has 2 heterocycles. The number of nitriles is 1. The molecule has 5 heteroatoms. The van der Waals surface area contributed by atoms with Gasteiger partial charge in [-0.25, -0.2) is 0 Å². The number of fused-ring (bicyclic) bond motifs is 1. The van der Waals surface area contributed by atoms with E-state index in [4.69, 9.17) is 9.47 Å². The molecule has 1 aliphatic heterocycles. The summed E-state index contributed by atoms with van der Waals surface area (Å²) in [5.74, 6) is 0.0224. The average Bonchev–Trinajstić information content (AvgIpc) is 2.96. The van der Waals surface area contributed by atoms with Crippen molar-refractivity contribution in [1.82, 2.24) is 4.98 Å². The van der Waals surface area contributed by atoms with E-state index in [1.807, 2.05) is 6.07 Å². The Bertz CT molecular complexity index is 692. The van der Waals surface area contributed by atoms with Gasteiger partial charge in [-0.05, 0) is 29.8 Å². The SMILES string of the molecule is N#CC(C(=O)c1cccnc1)c1ccc2c(c1)OCO2. The summed E-state index contributed by atoms with van der Waals surface area (Å²) in [5, 5.41) is 9.30. The van der Waals surface area contributed by atoms with Crippen LogP contribution in [-0.4, -0.2) is 17.6 Å². The molecule has 0 radical (unpaired) electrons. The van der Waals surface area contributed by atoms with Crippen LogP contribution in [0.2, 0.25) is 0 Å². The fourth-order valence-electron chi connectivity index (χ4n) is 2.05. The standard InChI is InChI=1S/C15H10N2O3/c16-7-12(15(18)11-2-1-5-17-8-11)10-3-4-13-14(6-10)20-9-19-13/h1-6,8,12H,9H2. The molecule has 0 amide bonds. The second kappa shape index (κ2) is 5.02. The Kier molecular flexibility index (Phi) is 3.05. The van der Waals surface area contributed by atoms with Crippen molar-refractivity contribution in [2.24, 2.45) is 0 Å². The fourth-order valence-corrected chi connectivity index (χ4v) is 2.05. The van der Waals surface area contributed by atoms with Crippen molar-refractivity contribution in [3.05, 3.63) is 53.9 Å². The lowest BCUT2D eigenvalue weighted by Gasteiger charge is -2.09. The monoisotopic (exact) mass is 266 g/mol. The van der Waals surface area contributed by atoms with Crippen molar-refractivity contribution in [2.45, 2.75) is 5.92 Å². The third-order valence-corrected chi connectivity index (χ3v) is 3.07. The normalized spacial score (nSPS) is 13.6. The number of rotatable bonds is 3. The molecule has 0 spiro atoms. The van der Waals surface area contributed by atoms with Gasteiger partial charge in [-0.15, -0.1) is 0 Å². The summed E-state index contributed by atoms with van der Waals surface area (Å²) in [5.41, 5.74) is 1.00. The molecule has 2 aromatic rings. The summed E-state index contributed by atoms with van der Waals surface area (Å²) in [6, 6.07) is 10.4. The molecule has 1 atom stereocenters. The predicted octanol–water partition coefficient (Wildman–Crippen LogP) is 2.30. The number of ketones is 1. The van der Waals surface area contributed by atoms with Crippen LogP contribution in [0.1, 0.15) is 21.8 Å². The first-order chi connectivity index (χ1) is 9.79. The van der Waals surface area contributed by atoms with Gasteiger partial charge in [0.2, 0.25) is 6.79 Å².